The molecule has 0 unspecified atom stereocenters. The molecule has 3 heteroatoms. The van der Waals surface area contributed by atoms with Gasteiger partial charge in [0, 0.05) is 22.4 Å². The van der Waals surface area contributed by atoms with Gasteiger partial charge in [0.05, 0.1) is 0 Å². The number of halogens is 1. The lowest BCUT2D eigenvalue weighted by Gasteiger charge is -2.06. The summed E-state index contributed by atoms with van der Waals surface area (Å²) < 4.78 is 2.58. The molecule has 0 bridgehead atoms. The Bertz CT molecular complexity index is 505. The third-order valence-corrected chi connectivity index (χ3v) is 3.04. The Balaban J connectivity index is 2.57. The lowest BCUT2D eigenvalue weighted by molar-refractivity contribution is 0.976. The van der Waals surface area contributed by atoms with Crippen LogP contribution >= 0.6 is 22.6 Å². The number of benzene rings is 1. The molecule has 0 saturated carbocycles. The van der Waals surface area contributed by atoms with Gasteiger partial charge in [0.2, 0.25) is 0 Å². The van der Waals surface area contributed by atoms with E-state index in [1.807, 2.05) is 42.6 Å². The first kappa shape index (κ1) is 10.4. The number of rotatable bonds is 2. The second-order valence-electron chi connectivity index (χ2n) is 3.21. The highest BCUT2D eigenvalue weighted by atomic mass is 127. The van der Waals surface area contributed by atoms with E-state index >= 15 is 0 Å². The molecule has 0 radical (unpaired) electrons. The van der Waals surface area contributed by atoms with Crippen molar-refractivity contribution in [2.45, 2.75) is 4.43 Å². The normalized spacial score (nSPS) is 10.2. The van der Waals surface area contributed by atoms with Gasteiger partial charge in [-0.1, -0.05) is 46.9 Å². The van der Waals surface area contributed by atoms with Crippen molar-refractivity contribution in [1.29, 1.82) is 0 Å². The van der Waals surface area contributed by atoms with Gasteiger partial charge in [0.25, 0.3) is 5.56 Å². The molecule has 0 aliphatic rings. The monoisotopic (exact) mass is 311 g/mol. The Morgan fingerprint density at radius 2 is 1.80 bits per heavy atom. The summed E-state index contributed by atoms with van der Waals surface area (Å²) in [5.74, 6) is 0. The first-order valence-corrected chi connectivity index (χ1v) is 6.17. The Morgan fingerprint density at radius 1 is 1.07 bits per heavy atom. The quantitative estimate of drug-likeness (QED) is 0.617. The van der Waals surface area contributed by atoms with Crippen LogP contribution in [-0.4, -0.2) is 4.57 Å². The Hall–Kier alpha value is -1.10. The van der Waals surface area contributed by atoms with Crippen LogP contribution in [0.4, 0.5) is 0 Å². The van der Waals surface area contributed by atoms with Crippen LogP contribution in [0, 0.1) is 0 Å². The fourth-order valence-electron chi connectivity index (χ4n) is 1.40. The fraction of sp³-hybridized carbons (Fsp3) is 0.0833. The lowest BCUT2D eigenvalue weighted by atomic mass is 10.3. The molecule has 0 amide bonds. The molecule has 15 heavy (non-hydrogen) atoms. The van der Waals surface area contributed by atoms with Gasteiger partial charge in [0.15, 0.2) is 0 Å². The van der Waals surface area contributed by atoms with Gasteiger partial charge in [-0.2, -0.15) is 0 Å². The van der Waals surface area contributed by atoms with Gasteiger partial charge < -0.3 is 0 Å². The summed E-state index contributed by atoms with van der Waals surface area (Å²) in [5, 5.41) is 0. The summed E-state index contributed by atoms with van der Waals surface area (Å²) in [5.41, 5.74) is 2.07. The minimum absolute atomic E-state index is 0.00907. The van der Waals surface area contributed by atoms with Crippen molar-refractivity contribution in [3.05, 3.63) is 64.6 Å². The average molecular weight is 311 g/mol. The summed E-state index contributed by atoms with van der Waals surface area (Å²) in [6, 6.07) is 13.1. The van der Waals surface area contributed by atoms with Crippen LogP contribution < -0.4 is 5.56 Å². The highest BCUT2D eigenvalue weighted by molar-refractivity contribution is 14.1. The van der Waals surface area contributed by atoms with E-state index in [9.17, 15) is 4.79 Å². The van der Waals surface area contributed by atoms with Crippen LogP contribution in [0.3, 0.4) is 0 Å². The zero-order chi connectivity index (χ0) is 10.7. The van der Waals surface area contributed by atoms with Crippen molar-refractivity contribution in [2.75, 3.05) is 0 Å². The summed E-state index contributed by atoms with van der Waals surface area (Å²) in [4.78, 5) is 11.6. The van der Waals surface area contributed by atoms with Crippen molar-refractivity contribution in [3.8, 4) is 5.69 Å². The van der Waals surface area contributed by atoms with Gasteiger partial charge in [-0.3, -0.25) is 9.36 Å². The lowest BCUT2D eigenvalue weighted by Crippen LogP contribution is -2.16. The largest absolute Gasteiger partial charge is 0.284 e. The van der Waals surface area contributed by atoms with Gasteiger partial charge in [0.1, 0.15) is 0 Å². The Kier molecular flexibility index (Phi) is 3.20. The maximum Gasteiger partial charge on any atom is 0.255 e. The molecule has 1 aromatic carbocycles. The van der Waals surface area contributed by atoms with Crippen LogP contribution in [0.5, 0.6) is 0 Å². The van der Waals surface area contributed by atoms with E-state index in [2.05, 4.69) is 22.6 Å². The summed E-state index contributed by atoms with van der Waals surface area (Å²) >= 11 is 2.29. The zero-order valence-corrected chi connectivity index (χ0v) is 10.2. The number of pyridine rings is 1. The smallest absolute Gasteiger partial charge is 0.255 e. The maximum atomic E-state index is 11.6. The maximum absolute atomic E-state index is 11.6. The molecule has 0 N–H and O–H groups in total. The summed E-state index contributed by atoms with van der Waals surface area (Å²) in [7, 11) is 0. The molecule has 0 spiro atoms. The van der Waals surface area contributed by atoms with E-state index in [1.54, 1.807) is 10.6 Å². The molecule has 76 valence electrons. The molecule has 0 atom stereocenters. The van der Waals surface area contributed by atoms with E-state index in [0.717, 1.165) is 15.7 Å². The van der Waals surface area contributed by atoms with Gasteiger partial charge in [-0.15, -0.1) is 0 Å². The first-order valence-electron chi connectivity index (χ1n) is 4.64. The molecule has 2 aromatic rings. The minimum atomic E-state index is 0.00907. The molecule has 0 saturated heterocycles. The van der Waals surface area contributed by atoms with Crippen molar-refractivity contribution in [1.82, 2.24) is 4.57 Å². The standard InChI is InChI=1S/C12H10INO/c13-8-10-6-7-12(15)14(9-10)11-4-2-1-3-5-11/h1-7,9H,8H2. The summed E-state index contributed by atoms with van der Waals surface area (Å²) in [6.07, 6.45) is 1.89. The van der Waals surface area contributed by atoms with E-state index in [0.29, 0.717) is 0 Å². The third kappa shape index (κ3) is 2.28. The zero-order valence-electron chi connectivity index (χ0n) is 8.06. The van der Waals surface area contributed by atoms with E-state index in [1.165, 1.54) is 0 Å². The predicted octanol–water partition coefficient (Wildman–Crippen LogP) is 2.77. The van der Waals surface area contributed by atoms with Crippen LogP contribution in [-0.2, 0) is 4.43 Å². The van der Waals surface area contributed by atoms with E-state index in [-0.39, 0.29) is 5.56 Å². The van der Waals surface area contributed by atoms with Crippen molar-refractivity contribution >= 4 is 22.6 Å². The van der Waals surface area contributed by atoms with Crippen LogP contribution in [0.25, 0.3) is 5.69 Å². The second kappa shape index (κ2) is 4.61. The minimum Gasteiger partial charge on any atom is -0.284 e. The molecule has 0 fully saturated rings. The number of aromatic nitrogens is 1. The Labute approximate surface area is 102 Å². The molecule has 2 rings (SSSR count). The topological polar surface area (TPSA) is 22.0 Å². The number of hydrogen-bond acceptors (Lipinski definition) is 1. The second-order valence-corrected chi connectivity index (χ2v) is 3.98. The van der Waals surface area contributed by atoms with Crippen LogP contribution in [0.1, 0.15) is 5.56 Å². The van der Waals surface area contributed by atoms with Gasteiger partial charge >= 0.3 is 0 Å². The van der Waals surface area contributed by atoms with Crippen molar-refractivity contribution < 1.29 is 0 Å². The van der Waals surface area contributed by atoms with Crippen molar-refractivity contribution in [2.24, 2.45) is 0 Å². The molecule has 1 aromatic heterocycles. The van der Waals surface area contributed by atoms with Gasteiger partial charge in [-0.25, -0.2) is 0 Å². The SMILES string of the molecule is O=c1ccc(CI)cn1-c1ccccc1. The number of hydrogen-bond donors (Lipinski definition) is 0. The molecule has 0 aliphatic carbocycles. The van der Waals surface area contributed by atoms with Crippen LogP contribution in [0.15, 0.2) is 53.5 Å². The molecular weight excluding hydrogens is 301 g/mol. The first-order chi connectivity index (χ1) is 7.31. The molecule has 0 aliphatic heterocycles. The van der Waals surface area contributed by atoms with Crippen molar-refractivity contribution in [3.63, 3.8) is 0 Å². The molecule has 2 nitrogen and oxygen atoms in total. The number of alkyl halides is 1. The van der Waals surface area contributed by atoms with Crippen LogP contribution in [0.2, 0.25) is 0 Å². The number of para-hydroxylation sites is 1. The third-order valence-electron chi connectivity index (χ3n) is 2.16. The highest BCUT2D eigenvalue weighted by Crippen LogP contribution is 2.08. The average Bonchev–Trinajstić information content (AvgIpc) is 2.31. The van der Waals surface area contributed by atoms with Gasteiger partial charge in [-0.05, 0) is 17.7 Å². The van der Waals surface area contributed by atoms with E-state index < -0.39 is 0 Å². The predicted molar refractivity (Wildman–Crippen MR) is 69.8 cm³/mol. The molecule has 1 heterocycles. The Morgan fingerprint density at radius 3 is 2.47 bits per heavy atom. The van der Waals surface area contributed by atoms with E-state index in [4.69, 9.17) is 0 Å². The highest BCUT2D eigenvalue weighted by Gasteiger charge is 1.99. The molecular formula is C12H10INO. The number of nitrogens with zero attached hydrogens (tertiary/aromatic N) is 1. The fourth-order valence-corrected chi connectivity index (χ4v) is 1.85. The summed E-state index contributed by atoms with van der Waals surface area (Å²) in [6.45, 7) is 0.